The van der Waals surface area contributed by atoms with E-state index in [0.29, 0.717) is 21.3 Å². The van der Waals surface area contributed by atoms with E-state index < -0.39 is 11.5 Å². The Balaban J connectivity index is 1.54. The molecule has 0 aliphatic heterocycles. The van der Waals surface area contributed by atoms with E-state index in [4.69, 9.17) is 23.2 Å². The normalized spacial score (nSPS) is 11.0. The van der Waals surface area contributed by atoms with Crippen LogP contribution in [-0.4, -0.2) is 30.5 Å². The van der Waals surface area contributed by atoms with E-state index in [-0.39, 0.29) is 30.1 Å². The first-order valence-electron chi connectivity index (χ1n) is 8.68. The summed E-state index contributed by atoms with van der Waals surface area (Å²) >= 11 is 11.8. The zero-order valence-electron chi connectivity index (χ0n) is 15.2. The van der Waals surface area contributed by atoms with Crippen molar-refractivity contribution in [2.24, 2.45) is 0 Å². The molecule has 0 bridgehead atoms. The first-order chi connectivity index (χ1) is 14.4. The fraction of sp³-hybridized carbons (Fsp3) is 0.105. The number of halogens is 3. The molecule has 0 atom stereocenters. The van der Waals surface area contributed by atoms with Crippen molar-refractivity contribution < 1.29 is 9.18 Å². The summed E-state index contributed by atoms with van der Waals surface area (Å²) in [7, 11) is 0. The van der Waals surface area contributed by atoms with Crippen molar-refractivity contribution in [1.29, 1.82) is 0 Å². The molecule has 30 heavy (non-hydrogen) atoms. The van der Waals surface area contributed by atoms with Crippen molar-refractivity contribution >= 4 is 46.0 Å². The van der Waals surface area contributed by atoms with E-state index in [1.54, 1.807) is 24.3 Å². The smallest absolute Gasteiger partial charge is 0.283 e. The second-order valence-corrected chi connectivity index (χ2v) is 7.22. The molecule has 4 aromatic rings. The highest BCUT2D eigenvalue weighted by Crippen LogP contribution is 2.24. The third-order valence-corrected chi connectivity index (χ3v) is 4.97. The summed E-state index contributed by atoms with van der Waals surface area (Å²) in [5, 5.41) is 11.1. The SMILES string of the molecule is O=C(Cn1cnc2c(nnn2Cc2cccc(F)c2)c1=O)Nc1ccc(Cl)c(Cl)c1. The highest BCUT2D eigenvalue weighted by Gasteiger charge is 2.14. The van der Waals surface area contributed by atoms with Crippen LogP contribution in [0.4, 0.5) is 10.1 Å². The van der Waals surface area contributed by atoms with Gasteiger partial charge >= 0.3 is 0 Å². The molecule has 0 aliphatic carbocycles. The maximum Gasteiger partial charge on any atom is 0.283 e. The molecular weight excluding hydrogens is 434 g/mol. The fourth-order valence-corrected chi connectivity index (χ4v) is 3.14. The summed E-state index contributed by atoms with van der Waals surface area (Å²) in [6, 6.07) is 10.7. The number of carbonyl (C=O) groups excluding carboxylic acids is 1. The molecule has 2 heterocycles. The van der Waals surface area contributed by atoms with Gasteiger partial charge in [-0.2, -0.15) is 0 Å². The predicted octanol–water partition coefficient (Wildman–Crippen LogP) is 3.12. The number of hydrogen-bond acceptors (Lipinski definition) is 5. The van der Waals surface area contributed by atoms with Crippen LogP contribution in [0.1, 0.15) is 5.56 Å². The topological polar surface area (TPSA) is 94.7 Å². The van der Waals surface area contributed by atoms with Gasteiger partial charge in [-0.1, -0.05) is 40.5 Å². The van der Waals surface area contributed by atoms with Gasteiger partial charge in [-0.25, -0.2) is 14.1 Å². The third kappa shape index (κ3) is 4.17. The average Bonchev–Trinajstić information content (AvgIpc) is 3.10. The minimum Gasteiger partial charge on any atom is -0.324 e. The Morgan fingerprint density at radius 1 is 1.13 bits per heavy atom. The van der Waals surface area contributed by atoms with Gasteiger partial charge < -0.3 is 5.32 Å². The monoisotopic (exact) mass is 446 g/mol. The maximum atomic E-state index is 13.4. The molecule has 11 heteroatoms. The minimum absolute atomic E-state index is 0.0104. The number of nitrogens with one attached hydrogen (secondary N) is 1. The fourth-order valence-electron chi connectivity index (χ4n) is 2.84. The van der Waals surface area contributed by atoms with Gasteiger partial charge in [0.2, 0.25) is 5.91 Å². The lowest BCUT2D eigenvalue weighted by molar-refractivity contribution is -0.116. The van der Waals surface area contributed by atoms with Crippen molar-refractivity contribution in [3.8, 4) is 0 Å². The van der Waals surface area contributed by atoms with Gasteiger partial charge in [0.05, 0.1) is 16.6 Å². The van der Waals surface area contributed by atoms with Crippen LogP contribution >= 0.6 is 23.2 Å². The molecular formula is C19H13Cl2FN6O2. The second-order valence-electron chi connectivity index (χ2n) is 6.40. The van der Waals surface area contributed by atoms with Gasteiger partial charge in [0.25, 0.3) is 5.56 Å². The van der Waals surface area contributed by atoms with Gasteiger partial charge in [-0.15, -0.1) is 5.10 Å². The first kappa shape index (κ1) is 20.0. The molecule has 0 radical (unpaired) electrons. The number of rotatable bonds is 5. The Hall–Kier alpha value is -3.30. The standard InChI is InChI=1S/C19H13Cl2FN6O2/c20-14-5-4-13(7-15(14)21)24-16(29)9-27-10-23-18-17(19(27)30)25-26-28(18)8-11-2-1-3-12(22)6-11/h1-7,10H,8-9H2,(H,24,29). The highest BCUT2D eigenvalue weighted by atomic mass is 35.5. The Kier molecular flexibility index (Phi) is 5.47. The van der Waals surface area contributed by atoms with Crippen molar-refractivity contribution in [2.75, 3.05) is 5.32 Å². The van der Waals surface area contributed by atoms with E-state index in [9.17, 15) is 14.0 Å². The van der Waals surface area contributed by atoms with Gasteiger partial charge in [0, 0.05) is 5.69 Å². The number of nitrogens with zero attached hydrogens (tertiary/aromatic N) is 5. The van der Waals surface area contributed by atoms with Crippen LogP contribution in [0.25, 0.3) is 11.2 Å². The molecule has 1 amide bonds. The van der Waals surface area contributed by atoms with Crippen molar-refractivity contribution in [1.82, 2.24) is 24.5 Å². The lowest BCUT2D eigenvalue weighted by Crippen LogP contribution is -2.28. The van der Waals surface area contributed by atoms with E-state index >= 15 is 0 Å². The average molecular weight is 447 g/mol. The summed E-state index contributed by atoms with van der Waals surface area (Å²) in [6.45, 7) is -0.0820. The molecule has 2 aromatic carbocycles. The lowest BCUT2D eigenvalue weighted by Gasteiger charge is -2.08. The quantitative estimate of drug-likeness (QED) is 0.508. The van der Waals surface area contributed by atoms with Crippen molar-refractivity contribution in [3.63, 3.8) is 0 Å². The molecule has 0 aliphatic rings. The summed E-state index contributed by atoms with van der Waals surface area (Å²) in [4.78, 5) is 29.2. The number of amides is 1. The van der Waals surface area contributed by atoms with Gasteiger partial charge in [0.15, 0.2) is 11.2 Å². The van der Waals surface area contributed by atoms with Gasteiger partial charge in [0.1, 0.15) is 18.7 Å². The van der Waals surface area contributed by atoms with E-state index in [1.807, 2.05) is 0 Å². The molecule has 4 rings (SSSR count). The minimum atomic E-state index is -0.519. The summed E-state index contributed by atoms with van der Waals surface area (Å²) in [5.41, 5.74) is 0.822. The summed E-state index contributed by atoms with van der Waals surface area (Å²) in [6.07, 6.45) is 1.24. The molecule has 0 saturated heterocycles. The van der Waals surface area contributed by atoms with E-state index in [2.05, 4.69) is 20.6 Å². The Morgan fingerprint density at radius 2 is 1.97 bits per heavy atom. The molecule has 8 nitrogen and oxygen atoms in total. The first-order valence-corrected chi connectivity index (χ1v) is 9.44. The number of carbonyl (C=O) groups is 1. The number of fused-ring (bicyclic) bond motifs is 1. The zero-order chi connectivity index (χ0) is 21.3. The van der Waals surface area contributed by atoms with Crippen LogP contribution < -0.4 is 10.9 Å². The molecule has 0 saturated carbocycles. The third-order valence-electron chi connectivity index (χ3n) is 4.23. The number of benzene rings is 2. The van der Waals surface area contributed by atoms with Crippen LogP contribution in [0.5, 0.6) is 0 Å². The number of anilines is 1. The van der Waals surface area contributed by atoms with Crippen LogP contribution in [0, 0.1) is 5.82 Å². The predicted molar refractivity (Wildman–Crippen MR) is 110 cm³/mol. The van der Waals surface area contributed by atoms with Crippen LogP contribution in [0.15, 0.2) is 53.6 Å². The maximum absolute atomic E-state index is 13.4. The number of hydrogen-bond donors (Lipinski definition) is 1. The summed E-state index contributed by atoms with van der Waals surface area (Å²) in [5.74, 6) is -0.830. The highest BCUT2D eigenvalue weighted by molar-refractivity contribution is 6.42. The van der Waals surface area contributed by atoms with Crippen molar-refractivity contribution in [3.05, 3.63) is 80.6 Å². The molecule has 0 unspecified atom stereocenters. The molecule has 1 N–H and O–H groups in total. The van der Waals surface area contributed by atoms with Crippen LogP contribution in [-0.2, 0) is 17.9 Å². The Morgan fingerprint density at radius 3 is 2.73 bits per heavy atom. The Labute approximate surface area is 178 Å². The van der Waals surface area contributed by atoms with Gasteiger partial charge in [-0.3, -0.25) is 14.2 Å². The molecule has 2 aromatic heterocycles. The lowest BCUT2D eigenvalue weighted by atomic mass is 10.2. The van der Waals surface area contributed by atoms with E-state index in [0.717, 1.165) is 4.57 Å². The largest absolute Gasteiger partial charge is 0.324 e. The molecule has 0 fully saturated rings. The van der Waals surface area contributed by atoms with Crippen LogP contribution in [0.3, 0.4) is 0 Å². The van der Waals surface area contributed by atoms with Gasteiger partial charge in [-0.05, 0) is 35.9 Å². The molecule has 152 valence electrons. The van der Waals surface area contributed by atoms with E-state index in [1.165, 1.54) is 29.2 Å². The molecule has 0 spiro atoms. The second kappa shape index (κ2) is 8.21. The van der Waals surface area contributed by atoms with Crippen LogP contribution in [0.2, 0.25) is 10.0 Å². The van der Waals surface area contributed by atoms with Crippen molar-refractivity contribution in [2.45, 2.75) is 13.1 Å². The number of aromatic nitrogens is 5. The Bertz CT molecular complexity index is 1320. The zero-order valence-corrected chi connectivity index (χ0v) is 16.7. The summed E-state index contributed by atoms with van der Waals surface area (Å²) < 4.78 is 15.9.